The smallest absolute Gasteiger partial charge is 0.0126 e. The Hall–Kier alpha value is -0.0900. The molecule has 1 aliphatic rings. The molecule has 1 saturated carbocycles. The summed E-state index contributed by atoms with van der Waals surface area (Å²) in [6.45, 7) is 0. The third-order valence-corrected chi connectivity index (χ3v) is 2.64. The Morgan fingerprint density at radius 1 is 1.27 bits per heavy atom. The minimum absolute atomic E-state index is 0.920. The SMILES string of the molecule is CSC#CCC1CCCCC1. The first-order chi connectivity index (χ1) is 5.43. The van der Waals surface area contributed by atoms with E-state index < -0.39 is 0 Å². The van der Waals surface area contributed by atoms with E-state index >= 15 is 0 Å². The van der Waals surface area contributed by atoms with Crippen molar-refractivity contribution >= 4 is 11.8 Å². The van der Waals surface area contributed by atoms with E-state index in [1.54, 1.807) is 11.8 Å². The van der Waals surface area contributed by atoms with Gasteiger partial charge in [-0.05, 0) is 30.3 Å². The van der Waals surface area contributed by atoms with Gasteiger partial charge in [0.05, 0.1) is 0 Å². The number of thioether (sulfide) groups is 1. The van der Waals surface area contributed by atoms with Gasteiger partial charge in [-0.15, -0.1) is 0 Å². The summed E-state index contributed by atoms with van der Waals surface area (Å²) in [5.41, 5.74) is 0. The van der Waals surface area contributed by atoms with Crippen LogP contribution in [0.25, 0.3) is 0 Å². The molecule has 0 nitrogen and oxygen atoms in total. The highest BCUT2D eigenvalue weighted by Gasteiger charge is 2.11. The Morgan fingerprint density at radius 2 is 2.00 bits per heavy atom. The molecule has 62 valence electrons. The fraction of sp³-hybridized carbons (Fsp3) is 0.800. The van der Waals surface area contributed by atoms with Gasteiger partial charge in [0, 0.05) is 6.42 Å². The molecule has 11 heavy (non-hydrogen) atoms. The fourth-order valence-electron chi connectivity index (χ4n) is 1.65. The molecule has 1 aliphatic carbocycles. The Morgan fingerprint density at radius 3 is 2.64 bits per heavy atom. The van der Waals surface area contributed by atoms with Crippen LogP contribution < -0.4 is 0 Å². The van der Waals surface area contributed by atoms with Crippen molar-refractivity contribution in [2.24, 2.45) is 5.92 Å². The zero-order chi connectivity index (χ0) is 7.94. The normalized spacial score (nSPS) is 19.0. The van der Waals surface area contributed by atoms with Crippen LogP contribution in [0.3, 0.4) is 0 Å². The predicted molar refractivity (Wildman–Crippen MR) is 52.5 cm³/mol. The minimum atomic E-state index is 0.920. The lowest BCUT2D eigenvalue weighted by atomic mass is 9.87. The van der Waals surface area contributed by atoms with E-state index in [9.17, 15) is 0 Å². The van der Waals surface area contributed by atoms with Crippen molar-refractivity contribution in [1.29, 1.82) is 0 Å². The second-order valence-electron chi connectivity index (χ2n) is 3.19. The van der Waals surface area contributed by atoms with Crippen LogP contribution in [0.2, 0.25) is 0 Å². The van der Waals surface area contributed by atoms with Gasteiger partial charge < -0.3 is 0 Å². The van der Waals surface area contributed by atoms with Gasteiger partial charge in [-0.3, -0.25) is 0 Å². The lowest BCUT2D eigenvalue weighted by Gasteiger charge is -2.18. The van der Waals surface area contributed by atoms with Crippen LogP contribution in [0.4, 0.5) is 0 Å². The van der Waals surface area contributed by atoms with E-state index in [2.05, 4.69) is 11.2 Å². The Labute approximate surface area is 74.1 Å². The van der Waals surface area contributed by atoms with Crippen molar-refractivity contribution in [3.63, 3.8) is 0 Å². The van der Waals surface area contributed by atoms with Gasteiger partial charge in [-0.1, -0.05) is 36.9 Å². The summed E-state index contributed by atoms with van der Waals surface area (Å²) in [6, 6.07) is 0. The van der Waals surface area contributed by atoms with E-state index in [1.165, 1.54) is 32.1 Å². The molecule has 1 fully saturated rings. The van der Waals surface area contributed by atoms with Crippen LogP contribution in [-0.4, -0.2) is 6.26 Å². The van der Waals surface area contributed by atoms with Crippen molar-refractivity contribution in [2.45, 2.75) is 38.5 Å². The van der Waals surface area contributed by atoms with E-state index in [-0.39, 0.29) is 0 Å². The van der Waals surface area contributed by atoms with Crippen LogP contribution in [0, 0.1) is 17.1 Å². The third kappa shape index (κ3) is 3.72. The minimum Gasteiger partial charge on any atom is -0.0910 e. The van der Waals surface area contributed by atoms with Crippen molar-refractivity contribution in [3.05, 3.63) is 0 Å². The topological polar surface area (TPSA) is 0 Å². The third-order valence-electron chi connectivity index (χ3n) is 2.29. The molecule has 1 heteroatoms. The molecule has 0 spiro atoms. The molecule has 0 aliphatic heterocycles. The van der Waals surface area contributed by atoms with Crippen molar-refractivity contribution < 1.29 is 0 Å². The summed E-state index contributed by atoms with van der Waals surface area (Å²) in [7, 11) is 0. The van der Waals surface area contributed by atoms with Crippen LogP contribution >= 0.6 is 11.8 Å². The lowest BCUT2D eigenvalue weighted by Crippen LogP contribution is -2.04. The van der Waals surface area contributed by atoms with Crippen molar-refractivity contribution in [2.75, 3.05) is 6.26 Å². The van der Waals surface area contributed by atoms with Crippen LogP contribution in [0.1, 0.15) is 38.5 Å². The largest absolute Gasteiger partial charge is 0.0910 e. The quantitative estimate of drug-likeness (QED) is 0.541. The summed E-state index contributed by atoms with van der Waals surface area (Å²) in [4.78, 5) is 0. The first-order valence-electron chi connectivity index (χ1n) is 4.44. The molecular weight excluding hydrogens is 152 g/mol. The van der Waals surface area contributed by atoms with Gasteiger partial charge in [0.2, 0.25) is 0 Å². The van der Waals surface area contributed by atoms with E-state index in [4.69, 9.17) is 0 Å². The van der Waals surface area contributed by atoms with Gasteiger partial charge in [0.1, 0.15) is 0 Å². The maximum atomic E-state index is 3.22. The molecule has 0 N–H and O–H groups in total. The summed E-state index contributed by atoms with van der Waals surface area (Å²) in [5, 5.41) is 3.06. The molecule has 0 aromatic carbocycles. The van der Waals surface area contributed by atoms with Crippen molar-refractivity contribution in [1.82, 2.24) is 0 Å². The summed E-state index contributed by atoms with van der Waals surface area (Å²) in [6.07, 6.45) is 10.3. The monoisotopic (exact) mass is 168 g/mol. The molecule has 0 saturated heterocycles. The molecule has 0 heterocycles. The Bertz CT molecular complexity index is 146. The number of rotatable bonds is 1. The zero-order valence-electron chi connectivity index (χ0n) is 7.23. The second kappa shape index (κ2) is 5.55. The molecule has 0 bridgehead atoms. The molecule has 0 aromatic rings. The maximum absolute atomic E-state index is 3.22. The van der Waals surface area contributed by atoms with Crippen LogP contribution in [0.5, 0.6) is 0 Å². The van der Waals surface area contributed by atoms with Gasteiger partial charge in [0.15, 0.2) is 0 Å². The molecule has 0 radical (unpaired) electrons. The van der Waals surface area contributed by atoms with Crippen LogP contribution in [-0.2, 0) is 0 Å². The summed E-state index contributed by atoms with van der Waals surface area (Å²) >= 11 is 1.63. The molecule has 1 rings (SSSR count). The average molecular weight is 168 g/mol. The van der Waals surface area contributed by atoms with E-state index in [0.29, 0.717) is 0 Å². The van der Waals surface area contributed by atoms with Crippen LogP contribution in [0.15, 0.2) is 0 Å². The molecule has 0 unspecified atom stereocenters. The molecule has 0 amide bonds. The summed E-state index contributed by atoms with van der Waals surface area (Å²) < 4.78 is 0. The Balaban J connectivity index is 2.14. The maximum Gasteiger partial charge on any atom is 0.0126 e. The van der Waals surface area contributed by atoms with Gasteiger partial charge in [-0.25, -0.2) is 0 Å². The zero-order valence-corrected chi connectivity index (χ0v) is 8.04. The van der Waals surface area contributed by atoms with E-state index in [0.717, 1.165) is 12.3 Å². The van der Waals surface area contributed by atoms with Gasteiger partial charge >= 0.3 is 0 Å². The lowest BCUT2D eigenvalue weighted by molar-refractivity contribution is 0.365. The fourth-order valence-corrected chi connectivity index (χ4v) is 1.88. The first kappa shape index (κ1) is 9.00. The molecule has 0 atom stereocenters. The predicted octanol–water partition coefficient (Wildman–Crippen LogP) is 3.28. The summed E-state index contributed by atoms with van der Waals surface area (Å²) in [5.74, 6) is 4.14. The number of hydrogen-bond acceptors (Lipinski definition) is 1. The molecule has 0 aromatic heterocycles. The highest BCUT2D eigenvalue weighted by molar-refractivity contribution is 8.03. The van der Waals surface area contributed by atoms with Gasteiger partial charge in [-0.2, -0.15) is 0 Å². The van der Waals surface area contributed by atoms with E-state index in [1.807, 2.05) is 6.26 Å². The first-order valence-corrected chi connectivity index (χ1v) is 5.67. The number of hydrogen-bond donors (Lipinski definition) is 0. The second-order valence-corrected chi connectivity index (χ2v) is 3.80. The standard InChI is InChI=1S/C10H16S/c1-11-9-5-8-10-6-3-2-4-7-10/h10H,2-4,6-8H2,1H3. The van der Waals surface area contributed by atoms with Gasteiger partial charge in [0.25, 0.3) is 0 Å². The highest BCUT2D eigenvalue weighted by Crippen LogP contribution is 2.25. The van der Waals surface area contributed by atoms with Crippen molar-refractivity contribution in [3.8, 4) is 11.2 Å². The Kier molecular flexibility index (Phi) is 4.54. The highest BCUT2D eigenvalue weighted by atomic mass is 32.2. The molecular formula is C10H16S. The average Bonchev–Trinajstić information content (AvgIpc) is 2.07.